The first-order valence-corrected chi connectivity index (χ1v) is 19.1. The number of amides is 5. The van der Waals surface area contributed by atoms with E-state index in [0.717, 1.165) is 30.1 Å². The summed E-state index contributed by atoms with van der Waals surface area (Å²) in [5.74, 6) is -4.64. The van der Waals surface area contributed by atoms with Crippen LogP contribution in [0.4, 0.5) is 10.1 Å². The maximum Gasteiger partial charge on any atom is 0.265 e. The van der Waals surface area contributed by atoms with Gasteiger partial charge in [-0.05, 0) is 56.8 Å². The summed E-state index contributed by atoms with van der Waals surface area (Å²) < 4.78 is 31.3. The van der Waals surface area contributed by atoms with E-state index in [1.807, 2.05) is 13.8 Å². The number of aliphatic hydroxyl groups is 4. The fraction of sp³-hybridized carbons (Fsp3) is 0.553. The van der Waals surface area contributed by atoms with Crippen molar-refractivity contribution in [2.45, 2.75) is 89.6 Å². The highest BCUT2D eigenvalue weighted by molar-refractivity contribution is 6.42. The van der Waals surface area contributed by atoms with Crippen molar-refractivity contribution in [1.29, 1.82) is 0 Å². The molecule has 3 aliphatic rings. The zero-order valence-corrected chi connectivity index (χ0v) is 33.1. The van der Waals surface area contributed by atoms with Crippen molar-refractivity contribution in [3.63, 3.8) is 0 Å². The van der Waals surface area contributed by atoms with E-state index in [2.05, 4.69) is 31.0 Å². The molecule has 21 heteroatoms. The summed E-state index contributed by atoms with van der Waals surface area (Å²) in [7, 11) is 0. The molecule has 9 atom stereocenters. The van der Waals surface area contributed by atoms with Crippen LogP contribution < -0.4 is 20.9 Å². The molecule has 2 aromatic rings. The number of fused-ring (bicyclic) bond motifs is 1. The van der Waals surface area contributed by atoms with Crippen LogP contribution in [-0.4, -0.2) is 161 Å². The normalized spacial score (nSPS) is 27.4. The molecule has 8 N–H and O–H groups in total. The Bertz CT molecular complexity index is 1960. The molecular weight excluding hydrogens is 781 g/mol. The molecule has 0 spiro atoms. The van der Waals surface area contributed by atoms with Crippen LogP contribution >= 0.6 is 0 Å². The van der Waals surface area contributed by atoms with Crippen LogP contribution in [0, 0.1) is 24.6 Å². The van der Waals surface area contributed by atoms with Gasteiger partial charge in [0.2, 0.25) is 5.91 Å². The lowest BCUT2D eigenvalue weighted by atomic mass is 9.95. The highest BCUT2D eigenvalue weighted by atomic mass is 19.1. The minimum atomic E-state index is -2.06. The van der Waals surface area contributed by atoms with E-state index in [4.69, 9.17) is 14.2 Å². The van der Waals surface area contributed by atoms with E-state index in [-0.39, 0.29) is 29.3 Å². The van der Waals surface area contributed by atoms with E-state index >= 15 is 0 Å². The third-order valence-corrected chi connectivity index (χ3v) is 10.6. The number of nitrogens with zero attached hydrogens (tertiary/aromatic N) is 3. The van der Waals surface area contributed by atoms with Crippen LogP contribution in [0.3, 0.4) is 0 Å². The van der Waals surface area contributed by atoms with Crippen LogP contribution in [0.25, 0.3) is 11.6 Å². The fourth-order valence-corrected chi connectivity index (χ4v) is 7.39. The number of carbonyl (C=O) groups excluding carboxylic acids is 5. The quantitative estimate of drug-likeness (QED) is 0.0757. The molecule has 5 rings (SSSR count). The first kappa shape index (κ1) is 45.1. The maximum atomic E-state index is 14.6. The molecule has 5 amide bonds. The second kappa shape index (κ2) is 19.4. The van der Waals surface area contributed by atoms with E-state index in [1.54, 1.807) is 13.8 Å². The Morgan fingerprint density at radius 3 is 2.46 bits per heavy atom. The highest BCUT2D eigenvalue weighted by Gasteiger charge is 2.52. The standard InChI is InChI=1S/C38H50FN7O13/c1-6-45(7-2)11-10-40-35(53)28-17(3)23(42-18(28)4)13-22-21-12-20(39)8-9-25(21)46(37(22)55)27(49)14-41-36(54)34-29(44-56)31(51)32(52)38(59-34)58-33-24(43-19(5)48)16-57-26(15-47)30(33)50/h8-9,12-13,24,26,29-34,38,42,47,50-52H,6-7,10-11,14-16H2,1-5H3,(H,40,53)(H,41,54)(H,43,48)/b22-13-/t24-,26?,29?,30?,31?,32?,33?,34?,38?/m1/s1. The molecule has 2 fully saturated rings. The number of aromatic nitrogens is 1. The van der Waals surface area contributed by atoms with Gasteiger partial charge in [0, 0.05) is 37.0 Å². The van der Waals surface area contributed by atoms with Gasteiger partial charge in [0.15, 0.2) is 18.4 Å². The molecule has 20 nitrogen and oxygen atoms in total. The number of benzene rings is 1. The Labute approximate surface area is 338 Å². The van der Waals surface area contributed by atoms with Crippen LogP contribution in [0.15, 0.2) is 23.4 Å². The van der Waals surface area contributed by atoms with Crippen molar-refractivity contribution in [1.82, 2.24) is 25.8 Å². The molecule has 8 unspecified atom stereocenters. The average Bonchev–Trinajstić information content (AvgIpc) is 3.64. The van der Waals surface area contributed by atoms with Crippen molar-refractivity contribution in [2.75, 3.05) is 50.8 Å². The topological polar surface area (TPSA) is 282 Å². The summed E-state index contributed by atoms with van der Waals surface area (Å²) in [5.41, 5.74) is 1.70. The van der Waals surface area contributed by atoms with Gasteiger partial charge in [0.1, 0.15) is 36.3 Å². The molecule has 2 saturated heterocycles. The number of H-pyrrole nitrogens is 1. The number of hydrogen-bond donors (Lipinski definition) is 8. The molecule has 4 heterocycles. The van der Waals surface area contributed by atoms with Crippen molar-refractivity contribution in [3.8, 4) is 0 Å². The van der Waals surface area contributed by atoms with Gasteiger partial charge >= 0.3 is 0 Å². The number of nitroso groups, excluding NO2 is 1. The number of nitrogens with one attached hydrogen (secondary N) is 4. The van der Waals surface area contributed by atoms with Gasteiger partial charge in [0.25, 0.3) is 23.6 Å². The van der Waals surface area contributed by atoms with Crippen molar-refractivity contribution < 1.29 is 63.0 Å². The number of aromatic amines is 1. The van der Waals surface area contributed by atoms with Crippen LogP contribution in [0.2, 0.25) is 0 Å². The summed E-state index contributed by atoms with van der Waals surface area (Å²) in [6.07, 6.45) is -10.8. The predicted octanol–water partition coefficient (Wildman–Crippen LogP) is -1.40. The third-order valence-electron chi connectivity index (χ3n) is 10.6. The molecule has 0 aliphatic carbocycles. The molecular formula is C38H50FN7O13. The fourth-order valence-electron chi connectivity index (χ4n) is 7.39. The number of aliphatic hydroxyl groups excluding tert-OH is 4. The minimum absolute atomic E-state index is 0.00418. The van der Waals surface area contributed by atoms with E-state index in [9.17, 15) is 53.7 Å². The summed E-state index contributed by atoms with van der Waals surface area (Å²) >= 11 is 0. The Morgan fingerprint density at radius 1 is 1.10 bits per heavy atom. The number of likely N-dealkylation sites (N-methyl/N-ethyl adjacent to an activating group) is 1. The molecule has 1 aromatic carbocycles. The van der Waals surface area contributed by atoms with E-state index < -0.39 is 97.6 Å². The minimum Gasteiger partial charge on any atom is -0.394 e. The Kier molecular flexibility index (Phi) is 14.8. The van der Waals surface area contributed by atoms with Gasteiger partial charge in [-0.1, -0.05) is 19.0 Å². The SMILES string of the molecule is CCN(CC)CCNC(=O)c1c(C)[nH]c(/C=C2\C(=O)N(C(=O)CNC(=O)C3OC(OC4C(O)C(CO)OC[C@H]4NC(C)=O)C(O)C(O)C3N=O)c3ccc(F)cc32)c1C. The van der Waals surface area contributed by atoms with Gasteiger partial charge in [-0.15, -0.1) is 0 Å². The third kappa shape index (κ3) is 9.57. The van der Waals surface area contributed by atoms with Gasteiger partial charge < -0.3 is 60.5 Å². The Balaban J connectivity index is 1.32. The Morgan fingerprint density at radius 2 is 1.81 bits per heavy atom. The maximum absolute atomic E-state index is 14.6. The Hall–Kier alpha value is -5.00. The largest absolute Gasteiger partial charge is 0.394 e. The predicted molar refractivity (Wildman–Crippen MR) is 206 cm³/mol. The van der Waals surface area contributed by atoms with Crippen LogP contribution in [0.5, 0.6) is 0 Å². The van der Waals surface area contributed by atoms with Crippen molar-refractivity contribution >= 4 is 46.9 Å². The zero-order valence-electron chi connectivity index (χ0n) is 33.1. The summed E-state index contributed by atoms with van der Waals surface area (Å²) in [6.45, 7) is 9.52. The lowest BCUT2D eigenvalue weighted by Gasteiger charge is -2.44. The second-order valence-electron chi connectivity index (χ2n) is 14.4. The summed E-state index contributed by atoms with van der Waals surface area (Å²) in [4.78, 5) is 83.9. The number of imide groups is 1. The zero-order chi connectivity index (χ0) is 43.3. The van der Waals surface area contributed by atoms with Crippen molar-refractivity contribution in [3.05, 3.63) is 57.0 Å². The first-order chi connectivity index (χ1) is 28.1. The molecule has 0 radical (unpaired) electrons. The number of hydrogen-bond acceptors (Lipinski definition) is 15. The van der Waals surface area contributed by atoms with Crippen LogP contribution in [0.1, 0.15) is 53.6 Å². The number of aryl methyl sites for hydroxylation is 1. The highest BCUT2D eigenvalue weighted by Crippen LogP contribution is 2.39. The molecule has 0 bridgehead atoms. The molecule has 3 aliphatic heterocycles. The summed E-state index contributed by atoms with van der Waals surface area (Å²) in [5, 5.41) is 52.4. The summed E-state index contributed by atoms with van der Waals surface area (Å²) in [6, 6.07) is 0.341. The lowest BCUT2D eigenvalue weighted by molar-refractivity contribution is -0.304. The number of rotatable bonds is 15. The molecule has 59 heavy (non-hydrogen) atoms. The number of anilines is 1. The van der Waals surface area contributed by atoms with E-state index in [0.29, 0.717) is 35.6 Å². The van der Waals surface area contributed by atoms with Gasteiger partial charge in [-0.3, -0.25) is 24.0 Å². The van der Waals surface area contributed by atoms with Gasteiger partial charge in [-0.25, -0.2) is 9.29 Å². The van der Waals surface area contributed by atoms with Gasteiger partial charge in [-0.2, -0.15) is 4.91 Å². The number of halogens is 1. The lowest BCUT2D eigenvalue weighted by Crippen LogP contribution is -2.66. The monoisotopic (exact) mass is 831 g/mol. The van der Waals surface area contributed by atoms with E-state index in [1.165, 1.54) is 19.1 Å². The van der Waals surface area contributed by atoms with Gasteiger partial charge in [0.05, 0.1) is 42.6 Å². The van der Waals surface area contributed by atoms with Crippen LogP contribution in [-0.2, 0) is 33.4 Å². The smallest absolute Gasteiger partial charge is 0.265 e. The molecule has 322 valence electrons. The number of carbonyl (C=O) groups is 5. The number of ether oxygens (including phenoxy) is 3. The molecule has 1 aromatic heterocycles. The second-order valence-corrected chi connectivity index (χ2v) is 14.4. The molecule has 0 saturated carbocycles. The van der Waals surface area contributed by atoms with Crippen molar-refractivity contribution in [2.24, 2.45) is 5.18 Å². The average molecular weight is 832 g/mol. The first-order valence-electron chi connectivity index (χ1n) is 19.1.